The Labute approximate surface area is 108 Å². The maximum Gasteiger partial charge on any atom is 0.191 e. The van der Waals surface area contributed by atoms with Crippen LogP contribution < -0.4 is 0 Å². The molecule has 0 bridgehead atoms. The summed E-state index contributed by atoms with van der Waals surface area (Å²) in [5, 5.41) is 0. The zero-order chi connectivity index (χ0) is 11.6. The van der Waals surface area contributed by atoms with Crippen molar-refractivity contribution in [1.82, 2.24) is 0 Å². The van der Waals surface area contributed by atoms with Crippen LogP contribution in [0.5, 0.6) is 0 Å². The van der Waals surface area contributed by atoms with Gasteiger partial charge in [0, 0.05) is 6.42 Å². The first-order valence-corrected chi connectivity index (χ1v) is 11.3. The second kappa shape index (κ2) is 5.67. The van der Waals surface area contributed by atoms with Crippen molar-refractivity contribution in [2.45, 2.75) is 38.4 Å². The van der Waals surface area contributed by atoms with E-state index in [0.29, 0.717) is 0 Å². The summed E-state index contributed by atoms with van der Waals surface area (Å²) in [4.78, 5) is 0. The maximum atomic E-state index is 5.85. The van der Waals surface area contributed by atoms with Gasteiger partial charge in [-0.2, -0.15) is 0 Å². The zero-order valence-electron chi connectivity index (χ0n) is 9.64. The van der Waals surface area contributed by atoms with Crippen molar-refractivity contribution in [2.24, 2.45) is 0 Å². The van der Waals surface area contributed by atoms with Crippen LogP contribution in [0.1, 0.15) is 32.6 Å². The van der Waals surface area contributed by atoms with E-state index < -0.39 is 5.91 Å². The summed E-state index contributed by atoms with van der Waals surface area (Å²) in [6.07, 6.45) is 5.72. The van der Waals surface area contributed by atoms with Gasteiger partial charge in [0.05, 0.1) is 13.2 Å². The highest BCUT2D eigenvalue weighted by Gasteiger charge is 2.44. The molecule has 1 aliphatic heterocycles. The molecule has 0 N–H and O–H groups in total. The Balaban J connectivity index is 1.99. The van der Waals surface area contributed by atoms with E-state index in [1.54, 1.807) is 0 Å². The first-order chi connectivity index (χ1) is 7.64. The van der Waals surface area contributed by atoms with E-state index in [2.05, 4.69) is 30.9 Å². The van der Waals surface area contributed by atoms with Gasteiger partial charge in [-0.25, -0.2) is 0 Å². The molecule has 0 aromatic rings. The average molecular weight is 325 g/mol. The first kappa shape index (κ1) is 13.3. The molecule has 1 atom stereocenters. The van der Waals surface area contributed by atoms with Gasteiger partial charge in [-0.3, -0.25) is 0 Å². The number of hydrogen-bond donors (Lipinski definition) is 0. The quantitative estimate of drug-likeness (QED) is 0.570. The van der Waals surface area contributed by atoms with Gasteiger partial charge in [-0.15, -0.1) is 8.53 Å². The van der Waals surface area contributed by atoms with Crippen LogP contribution in [0.15, 0.2) is 11.1 Å². The summed E-state index contributed by atoms with van der Waals surface area (Å²) in [5.41, 5.74) is 2.91. The van der Waals surface area contributed by atoms with E-state index in [-0.39, 0.29) is 5.79 Å². The van der Waals surface area contributed by atoms with E-state index in [1.165, 1.54) is 23.7 Å². The summed E-state index contributed by atoms with van der Waals surface area (Å²) in [5.74, 6) is -0.788. The molecule has 1 saturated heterocycles. The minimum absolute atomic E-state index is 0.324. The van der Waals surface area contributed by atoms with Crippen LogP contribution in [0, 0.1) is 0 Å². The lowest BCUT2D eigenvalue weighted by atomic mass is 10.0. The van der Waals surface area contributed by atoms with Crippen LogP contribution in [0.4, 0.5) is 0 Å². The zero-order valence-corrected chi connectivity index (χ0v) is 13.2. The monoisotopic (exact) mass is 324 g/mol. The average Bonchev–Trinajstić information content (AvgIpc) is 2.80. The fourth-order valence-corrected chi connectivity index (χ4v) is 4.44. The third kappa shape index (κ3) is 2.82. The van der Waals surface area contributed by atoms with E-state index in [4.69, 9.17) is 9.47 Å². The fraction of sp³-hybridized carbons (Fsp3) is 0.818. The minimum Gasteiger partial charge on any atom is -0.344 e. The van der Waals surface area contributed by atoms with Crippen LogP contribution in [0.2, 0.25) is 0 Å². The highest BCUT2D eigenvalue weighted by Crippen LogP contribution is 2.45. The molecule has 16 heavy (non-hydrogen) atoms. The number of hydrogen-bond acceptors (Lipinski definition) is 2. The molecule has 92 valence electrons. The molecular weight excluding hydrogens is 306 g/mol. The lowest BCUT2D eigenvalue weighted by molar-refractivity contribution is -0.125. The molecule has 1 spiro atoms. The van der Waals surface area contributed by atoms with Gasteiger partial charge in [0.2, 0.25) is 0 Å². The van der Waals surface area contributed by atoms with Crippen molar-refractivity contribution in [3.05, 3.63) is 11.1 Å². The summed E-state index contributed by atoms with van der Waals surface area (Å²) < 4.78 is 11.7. The van der Waals surface area contributed by atoms with E-state index >= 15 is 0 Å². The van der Waals surface area contributed by atoms with E-state index in [1.807, 2.05) is 0 Å². The largest absolute Gasteiger partial charge is 0.344 e. The Morgan fingerprint density at radius 3 is 2.75 bits per heavy atom. The van der Waals surface area contributed by atoms with E-state index in [0.717, 1.165) is 32.5 Å². The molecule has 1 fully saturated rings. The molecule has 2 aliphatic rings. The third-order valence-corrected chi connectivity index (χ3v) is 6.11. The predicted octanol–water partition coefficient (Wildman–Crippen LogP) is 4.20. The molecule has 0 aromatic carbocycles. The highest BCUT2D eigenvalue weighted by atomic mass is 79.9. The van der Waals surface area contributed by atoms with Crippen molar-refractivity contribution >= 4 is 29.9 Å². The van der Waals surface area contributed by atoms with E-state index in [9.17, 15) is 0 Å². The van der Waals surface area contributed by atoms with Gasteiger partial charge in [-0.1, -0.05) is 21.1 Å². The second-order valence-corrected chi connectivity index (χ2v) is 12.7. The fourth-order valence-electron chi connectivity index (χ4n) is 2.58. The topological polar surface area (TPSA) is 18.5 Å². The molecule has 0 radical (unpaired) electrons. The molecule has 1 heterocycles. The minimum atomic E-state index is -0.464. The van der Waals surface area contributed by atoms with Gasteiger partial charge < -0.3 is 9.47 Å². The summed E-state index contributed by atoms with van der Waals surface area (Å²) in [7, 11) is 3.66. The number of ether oxygens (including phenoxy) is 2. The molecule has 2 nitrogen and oxygen atoms in total. The van der Waals surface area contributed by atoms with Gasteiger partial charge in [0.1, 0.15) is 0 Å². The molecule has 5 heteroatoms. The first-order valence-electron chi connectivity index (χ1n) is 5.84. The predicted molar refractivity (Wildman–Crippen MR) is 76.2 cm³/mol. The van der Waals surface area contributed by atoms with Gasteiger partial charge >= 0.3 is 0 Å². The lowest BCUT2D eigenvalue weighted by Crippen LogP contribution is -2.29. The van der Waals surface area contributed by atoms with Crippen LogP contribution in [0.25, 0.3) is 0 Å². The molecule has 1 aliphatic carbocycles. The Hall–Kier alpha value is 0.870. The van der Waals surface area contributed by atoms with Crippen molar-refractivity contribution < 1.29 is 9.47 Å². The summed E-state index contributed by atoms with van der Waals surface area (Å²) in [6, 6.07) is 0. The van der Waals surface area contributed by atoms with Gasteiger partial charge in [0.15, 0.2) is 5.79 Å². The Morgan fingerprint density at radius 2 is 2.12 bits per heavy atom. The Morgan fingerprint density at radius 1 is 1.44 bits per heavy atom. The van der Waals surface area contributed by atoms with Crippen LogP contribution in [-0.2, 0) is 9.47 Å². The second-order valence-electron chi connectivity index (χ2n) is 4.47. The molecule has 1 unspecified atom stereocenters. The Bertz CT molecular complexity index is 322. The van der Waals surface area contributed by atoms with Crippen molar-refractivity contribution in [3.63, 3.8) is 0 Å². The maximum absolute atomic E-state index is 5.85. The number of allylic oxidation sites excluding steroid dienone is 1. The van der Waals surface area contributed by atoms with Gasteiger partial charge in [0.25, 0.3) is 0 Å². The highest BCUT2D eigenvalue weighted by molar-refractivity contribution is 9.40. The molecule has 0 saturated carbocycles. The SMILES string of the molecule is CC1=C(CCC[PH](=P)Br)C2(CC1)OCCO2. The van der Waals surface area contributed by atoms with Crippen molar-refractivity contribution in [3.8, 4) is 0 Å². The van der Waals surface area contributed by atoms with Crippen LogP contribution >= 0.6 is 29.9 Å². The summed E-state index contributed by atoms with van der Waals surface area (Å²) >= 11 is 3.61. The standard InChI is InChI=1S/C11H19BrO2P2/c1-9-4-5-11(13-6-7-14-11)10(9)3-2-8-16(12)15/h15-16H,2-8H2,1H3. The van der Waals surface area contributed by atoms with Crippen LogP contribution in [0.3, 0.4) is 0 Å². The molecule has 0 aromatic heterocycles. The summed E-state index contributed by atoms with van der Waals surface area (Å²) in [6.45, 7) is 3.73. The number of halogens is 1. The molecule has 2 rings (SSSR count). The van der Waals surface area contributed by atoms with Crippen LogP contribution in [-0.4, -0.2) is 25.2 Å². The van der Waals surface area contributed by atoms with Gasteiger partial charge in [-0.05, 0) is 43.8 Å². The molecule has 0 amide bonds. The van der Waals surface area contributed by atoms with Crippen molar-refractivity contribution in [1.29, 1.82) is 0 Å². The third-order valence-electron chi connectivity index (χ3n) is 3.38. The Kier molecular flexibility index (Phi) is 4.72. The lowest BCUT2D eigenvalue weighted by Gasteiger charge is -2.26. The molecular formula is C11H19BrO2P2. The number of rotatable bonds is 4. The normalized spacial score (nSPS) is 25.6. The smallest absolute Gasteiger partial charge is 0.191 e. The van der Waals surface area contributed by atoms with Crippen molar-refractivity contribution in [2.75, 3.05) is 19.4 Å².